The lowest BCUT2D eigenvalue weighted by Gasteiger charge is -2.17. The molecule has 0 N–H and O–H groups in total. The molecule has 2 rings (SSSR count). The van der Waals surface area contributed by atoms with Gasteiger partial charge in [-0.3, -0.25) is 4.98 Å². The number of hydrogen-bond acceptors (Lipinski definition) is 3. The van der Waals surface area contributed by atoms with Crippen molar-refractivity contribution >= 4 is 11.0 Å². The molecule has 0 atom stereocenters. The second kappa shape index (κ2) is 3.26. The Bertz CT molecular complexity index is 498. The topological polar surface area (TPSA) is 38.7 Å². The van der Waals surface area contributed by atoms with Gasteiger partial charge in [0.1, 0.15) is 11.3 Å². The monoisotopic (exact) mass is 201 g/mol. The summed E-state index contributed by atoms with van der Waals surface area (Å²) < 4.78 is 0. The number of pyridine rings is 1. The molecule has 0 saturated carbocycles. The SMILES string of the molecule is Cc1nc(C(C)(C)C)nc2cccnc12. The molecule has 3 heteroatoms. The molecule has 0 radical (unpaired) electrons. The van der Waals surface area contributed by atoms with Gasteiger partial charge in [-0.1, -0.05) is 20.8 Å². The minimum atomic E-state index is -0.0191. The van der Waals surface area contributed by atoms with Gasteiger partial charge in [-0.15, -0.1) is 0 Å². The van der Waals surface area contributed by atoms with Crippen LogP contribution in [0.25, 0.3) is 11.0 Å². The molecule has 2 aromatic heterocycles. The van der Waals surface area contributed by atoms with E-state index in [4.69, 9.17) is 0 Å². The van der Waals surface area contributed by atoms with E-state index in [-0.39, 0.29) is 5.41 Å². The van der Waals surface area contributed by atoms with E-state index in [1.165, 1.54) is 0 Å². The summed E-state index contributed by atoms with van der Waals surface area (Å²) in [5.41, 5.74) is 2.75. The highest BCUT2D eigenvalue weighted by Gasteiger charge is 2.18. The summed E-state index contributed by atoms with van der Waals surface area (Å²) >= 11 is 0. The molecule has 0 aromatic carbocycles. The molecule has 78 valence electrons. The molecule has 0 bridgehead atoms. The van der Waals surface area contributed by atoms with Crippen LogP contribution in [0, 0.1) is 6.92 Å². The summed E-state index contributed by atoms with van der Waals surface area (Å²) in [4.78, 5) is 13.3. The Balaban J connectivity index is 2.73. The third kappa shape index (κ3) is 1.82. The van der Waals surface area contributed by atoms with Crippen LogP contribution in [-0.2, 0) is 5.41 Å². The number of aryl methyl sites for hydroxylation is 1. The molecule has 2 heterocycles. The number of aromatic nitrogens is 3. The second-order valence-corrected chi connectivity index (χ2v) is 4.75. The number of hydrogen-bond donors (Lipinski definition) is 0. The normalized spacial score (nSPS) is 12.0. The maximum absolute atomic E-state index is 4.53. The Labute approximate surface area is 89.6 Å². The van der Waals surface area contributed by atoms with Crippen molar-refractivity contribution in [3.05, 3.63) is 29.8 Å². The van der Waals surface area contributed by atoms with Crippen LogP contribution in [0.15, 0.2) is 18.3 Å². The second-order valence-electron chi connectivity index (χ2n) is 4.75. The first-order valence-corrected chi connectivity index (χ1v) is 5.08. The van der Waals surface area contributed by atoms with E-state index in [0.717, 1.165) is 22.6 Å². The third-order valence-electron chi connectivity index (χ3n) is 2.30. The quantitative estimate of drug-likeness (QED) is 0.657. The van der Waals surface area contributed by atoms with Gasteiger partial charge in [0.25, 0.3) is 0 Å². The van der Waals surface area contributed by atoms with Crippen molar-refractivity contribution in [3.8, 4) is 0 Å². The smallest absolute Gasteiger partial charge is 0.134 e. The van der Waals surface area contributed by atoms with Gasteiger partial charge in [-0.2, -0.15) is 0 Å². The number of rotatable bonds is 0. The summed E-state index contributed by atoms with van der Waals surface area (Å²) in [7, 11) is 0. The van der Waals surface area contributed by atoms with Crippen LogP contribution in [0.4, 0.5) is 0 Å². The van der Waals surface area contributed by atoms with E-state index in [1.54, 1.807) is 6.20 Å². The Morgan fingerprint density at radius 3 is 2.53 bits per heavy atom. The van der Waals surface area contributed by atoms with Crippen LogP contribution in [0.3, 0.4) is 0 Å². The van der Waals surface area contributed by atoms with Crippen molar-refractivity contribution in [2.24, 2.45) is 0 Å². The molecular formula is C12H15N3. The standard InChI is InChI=1S/C12H15N3/c1-8-10-9(6-5-7-13-10)15-11(14-8)12(2,3)4/h5-7H,1-4H3. The van der Waals surface area contributed by atoms with E-state index in [1.807, 2.05) is 19.1 Å². The first-order valence-electron chi connectivity index (χ1n) is 5.08. The summed E-state index contributed by atoms with van der Waals surface area (Å²) in [6.07, 6.45) is 1.77. The van der Waals surface area contributed by atoms with Gasteiger partial charge in [0, 0.05) is 11.6 Å². The van der Waals surface area contributed by atoms with E-state index in [0.29, 0.717) is 0 Å². The van der Waals surface area contributed by atoms with Gasteiger partial charge < -0.3 is 0 Å². The van der Waals surface area contributed by atoms with Gasteiger partial charge in [0.2, 0.25) is 0 Å². The molecule has 0 aliphatic heterocycles. The van der Waals surface area contributed by atoms with Gasteiger partial charge in [-0.05, 0) is 19.1 Å². The Morgan fingerprint density at radius 1 is 1.13 bits per heavy atom. The highest BCUT2D eigenvalue weighted by atomic mass is 14.9. The van der Waals surface area contributed by atoms with Crippen LogP contribution >= 0.6 is 0 Å². The zero-order chi connectivity index (χ0) is 11.1. The molecule has 0 spiro atoms. The molecule has 0 aliphatic carbocycles. The molecular weight excluding hydrogens is 186 g/mol. The Morgan fingerprint density at radius 2 is 1.87 bits per heavy atom. The predicted octanol–water partition coefficient (Wildman–Crippen LogP) is 2.63. The predicted molar refractivity (Wildman–Crippen MR) is 60.8 cm³/mol. The molecule has 2 aromatic rings. The fraction of sp³-hybridized carbons (Fsp3) is 0.417. The van der Waals surface area contributed by atoms with E-state index in [2.05, 4.69) is 35.7 Å². The first-order chi connectivity index (χ1) is 6.98. The lowest BCUT2D eigenvalue weighted by Crippen LogP contribution is -2.16. The van der Waals surface area contributed by atoms with Gasteiger partial charge in [0.05, 0.1) is 11.2 Å². The highest BCUT2D eigenvalue weighted by Crippen LogP contribution is 2.21. The van der Waals surface area contributed by atoms with Crippen molar-refractivity contribution in [1.82, 2.24) is 15.0 Å². The van der Waals surface area contributed by atoms with Crippen molar-refractivity contribution < 1.29 is 0 Å². The Kier molecular flexibility index (Phi) is 2.18. The number of nitrogens with zero attached hydrogens (tertiary/aromatic N) is 3. The lowest BCUT2D eigenvalue weighted by atomic mass is 9.95. The first kappa shape index (κ1) is 10.0. The van der Waals surface area contributed by atoms with Crippen LogP contribution in [0.2, 0.25) is 0 Å². The zero-order valence-electron chi connectivity index (χ0n) is 9.57. The summed E-state index contributed by atoms with van der Waals surface area (Å²) in [5, 5.41) is 0. The maximum Gasteiger partial charge on any atom is 0.134 e. The largest absolute Gasteiger partial charge is 0.253 e. The Hall–Kier alpha value is -1.51. The van der Waals surface area contributed by atoms with Crippen molar-refractivity contribution in [2.45, 2.75) is 33.1 Å². The number of fused-ring (bicyclic) bond motifs is 1. The van der Waals surface area contributed by atoms with Crippen LogP contribution < -0.4 is 0 Å². The fourth-order valence-corrected chi connectivity index (χ4v) is 1.45. The van der Waals surface area contributed by atoms with E-state index >= 15 is 0 Å². The average Bonchev–Trinajstić information content (AvgIpc) is 2.16. The van der Waals surface area contributed by atoms with E-state index < -0.39 is 0 Å². The molecule has 3 nitrogen and oxygen atoms in total. The van der Waals surface area contributed by atoms with Crippen LogP contribution in [0.5, 0.6) is 0 Å². The van der Waals surface area contributed by atoms with Crippen molar-refractivity contribution in [1.29, 1.82) is 0 Å². The molecule has 0 unspecified atom stereocenters. The van der Waals surface area contributed by atoms with Gasteiger partial charge >= 0.3 is 0 Å². The lowest BCUT2D eigenvalue weighted by molar-refractivity contribution is 0.546. The molecule has 15 heavy (non-hydrogen) atoms. The molecule has 0 aliphatic rings. The average molecular weight is 201 g/mol. The third-order valence-corrected chi connectivity index (χ3v) is 2.30. The minimum absolute atomic E-state index is 0.0191. The van der Waals surface area contributed by atoms with Crippen LogP contribution in [0.1, 0.15) is 32.3 Å². The summed E-state index contributed by atoms with van der Waals surface area (Å²) in [6.45, 7) is 8.32. The van der Waals surface area contributed by atoms with Gasteiger partial charge in [-0.25, -0.2) is 9.97 Å². The minimum Gasteiger partial charge on any atom is -0.253 e. The molecule has 0 saturated heterocycles. The molecule has 0 fully saturated rings. The maximum atomic E-state index is 4.53. The highest BCUT2D eigenvalue weighted by molar-refractivity contribution is 5.75. The summed E-state index contributed by atoms with van der Waals surface area (Å²) in [5.74, 6) is 0.875. The fourth-order valence-electron chi connectivity index (χ4n) is 1.45. The van der Waals surface area contributed by atoms with Gasteiger partial charge in [0.15, 0.2) is 0 Å². The van der Waals surface area contributed by atoms with Crippen LogP contribution in [-0.4, -0.2) is 15.0 Å². The van der Waals surface area contributed by atoms with Crippen molar-refractivity contribution in [3.63, 3.8) is 0 Å². The summed E-state index contributed by atoms with van der Waals surface area (Å²) in [6, 6.07) is 3.88. The van der Waals surface area contributed by atoms with E-state index in [9.17, 15) is 0 Å². The zero-order valence-corrected chi connectivity index (χ0v) is 9.57. The van der Waals surface area contributed by atoms with Crippen molar-refractivity contribution in [2.75, 3.05) is 0 Å². The molecule has 0 amide bonds.